The summed E-state index contributed by atoms with van der Waals surface area (Å²) in [6.45, 7) is 0. The van der Waals surface area contributed by atoms with Crippen molar-refractivity contribution in [1.82, 2.24) is 0 Å². The Hall–Kier alpha value is -0.180. The van der Waals surface area contributed by atoms with Gasteiger partial charge in [-0.05, 0) is 12.8 Å². The summed E-state index contributed by atoms with van der Waals surface area (Å²) in [5, 5.41) is 0. The third-order valence-electron chi connectivity index (χ3n) is 0.952. The molecule has 3 heteroatoms. The highest BCUT2D eigenvalue weighted by molar-refractivity contribution is 7.81. The maximum Gasteiger partial charge on any atom is 0.315 e. The molecule has 0 N–H and O–H groups in total. The van der Waals surface area contributed by atoms with Gasteiger partial charge in [0.2, 0.25) is 0 Å². The zero-order valence-corrected chi connectivity index (χ0v) is 5.36. The lowest BCUT2D eigenvalue weighted by Gasteiger charge is -1.95. The molecule has 0 aromatic carbocycles. The highest BCUT2D eigenvalue weighted by Crippen LogP contribution is 2.23. The Morgan fingerprint density at radius 2 is 2.38 bits per heavy atom. The molecule has 2 nitrogen and oxygen atoms in total. The van der Waals surface area contributed by atoms with Gasteiger partial charge in [-0.25, -0.2) is 0 Å². The van der Waals surface area contributed by atoms with Gasteiger partial charge in [-0.1, -0.05) is 0 Å². The molecule has 1 aliphatic rings. The van der Waals surface area contributed by atoms with E-state index in [4.69, 9.17) is 4.74 Å². The molecular weight excluding hydrogens is 124 g/mol. The first-order chi connectivity index (χ1) is 3.83. The van der Waals surface area contributed by atoms with Crippen molar-refractivity contribution in [1.29, 1.82) is 0 Å². The third-order valence-corrected chi connectivity index (χ3v) is 1.21. The molecule has 0 spiro atoms. The molecule has 0 aliphatic heterocycles. The molecule has 0 saturated heterocycles. The van der Waals surface area contributed by atoms with Crippen molar-refractivity contribution < 1.29 is 9.53 Å². The number of rotatable bonds is 2. The Bertz CT molecular complexity index is 98.6. The molecule has 0 aromatic heterocycles. The van der Waals surface area contributed by atoms with Gasteiger partial charge in [0.1, 0.15) is 6.10 Å². The fourth-order valence-electron chi connectivity index (χ4n) is 0.409. The Morgan fingerprint density at radius 1 is 1.75 bits per heavy atom. The number of hydrogen-bond acceptors (Lipinski definition) is 3. The van der Waals surface area contributed by atoms with E-state index in [9.17, 15) is 4.79 Å². The zero-order chi connectivity index (χ0) is 5.98. The first-order valence-electron chi connectivity index (χ1n) is 2.63. The van der Waals surface area contributed by atoms with E-state index in [-0.39, 0.29) is 17.8 Å². The molecule has 0 atom stereocenters. The lowest BCUT2D eigenvalue weighted by Crippen LogP contribution is -2.06. The maximum absolute atomic E-state index is 10.4. The molecule has 0 heterocycles. The van der Waals surface area contributed by atoms with Crippen molar-refractivity contribution in [2.24, 2.45) is 0 Å². The number of esters is 1. The van der Waals surface area contributed by atoms with Crippen LogP contribution in [0.2, 0.25) is 0 Å². The Balaban J connectivity index is 2.07. The van der Waals surface area contributed by atoms with Crippen LogP contribution in [0.1, 0.15) is 12.8 Å². The number of carbonyl (C=O) groups excluding carboxylic acids is 1. The van der Waals surface area contributed by atoms with Crippen LogP contribution in [0.25, 0.3) is 0 Å². The Kier molecular flexibility index (Phi) is 1.78. The van der Waals surface area contributed by atoms with E-state index in [1.54, 1.807) is 0 Å². The van der Waals surface area contributed by atoms with Gasteiger partial charge < -0.3 is 4.74 Å². The minimum Gasteiger partial charge on any atom is -0.462 e. The second-order valence-corrected chi connectivity index (χ2v) is 2.16. The van der Waals surface area contributed by atoms with Crippen LogP contribution in [0.3, 0.4) is 0 Å². The van der Waals surface area contributed by atoms with Gasteiger partial charge in [-0.15, -0.1) is 0 Å². The van der Waals surface area contributed by atoms with Gasteiger partial charge in [-0.2, -0.15) is 12.6 Å². The summed E-state index contributed by atoms with van der Waals surface area (Å²) >= 11 is 3.74. The summed E-state index contributed by atoms with van der Waals surface area (Å²) in [6, 6.07) is 0. The molecule has 1 saturated carbocycles. The van der Waals surface area contributed by atoms with Crippen LogP contribution in [0.4, 0.5) is 0 Å². The minimum absolute atomic E-state index is 0.198. The van der Waals surface area contributed by atoms with E-state index in [2.05, 4.69) is 12.6 Å². The van der Waals surface area contributed by atoms with E-state index >= 15 is 0 Å². The molecule has 46 valence electrons. The zero-order valence-electron chi connectivity index (χ0n) is 4.46. The SMILES string of the molecule is O=C(CS)OC1CC1. The first-order valence-corrected chi connectivity index (χ1v) is 3.26. The first kappa shape index (κ1) is 5.95. The second-order valence-electron chi connectivity index (χ2n) is 1.85. The average molecular weight is 132 g/mol. The Labute approximate surface area is 53.6 Å². The standard InChI is InChI=1S/C5H8O2S/c6-5(3-8)7-4-1-2-4/h4,8H,1-3H2. The summed E-state index contributed by atoms with van der Waals surface area (Å²) in [7, 11) is 0. The van der Waals surface area contributed by atoms with Gasteiger partial charge in [0.25, 0.3) is 0 Å². The van der Waals surface area contributed by atoms with Crippen LogP contribution in [0, 0.1) is 0 Å². The summed E-state index contributed by atoms with van der Waals surface area (Å²) in [6.07, 6.45) is 2.31. The summed E-state index contributed by atoms with van der Waals surface area (Å²) < 4.78 is 4.80. The van der Waals surface area contributed by atoms with Crippen LogP contribution in [-0.2, 0) is 9.53 Å². The molecule has 0 bridgehead atoms. The van der Waals surface area contributed by atoms with Crippen molar-refractivity contribution >= 4 is 18.6 Å². The normalized spacial score (nSPS) is 18.1. The second kappa shape index (κ2) is 2.40. The fraction of sp³-hybridized carbons (Fsp3) is 0.800. The lowest BCUT2D eigenvalue weighted by atomic mass is 10.7. The summed E-state index contributed by atoms with van der Waals surface area (Å²) in [5.41, 5.74) is 0. The Morgan fingerprint density at radius 3 is 2.75 bits per heavy atom. The number of hydrogen-bond donors (Lipinski definition) is 1. The van der Waals surface area contributed by atoms with Crippen molar-refractivity contribution in [3.63, 3.8) is 0 Å². The van der Waals surface area contributed by atoms with E-state index in [1.165, 1.54) is 0 Å². The highest BCUT2D eigenvalue weighted by Gasteiger charge is 2.24. The van der Waals surface area contributed by atoms with Crippen LogP contribution in [0.5, 0.6) is 0 Å². The molecule has 8 heavy (non-hydrogen) atoms. The van der Waals surface area contributed by atoms with Gasteiger partial charge in [0.15, 0.2) is 0 Å². The van der Waals surface area contributed by atoms with E-state index < -0.39 is 0 Å². The van der Waals surface area contributed by atoms with Crippen LogP contribution >= 0.6 is 12.6 Å². The quantitative estimate of drug-likeness (QED) is 0.440. The van der Waals surface area contributed by atoms with Crippen LogP contribution < -0.4 is 0 Å². The van der Waals surface area contributed by atoms with Gasteiger partial charge in [0.05, 0.1) is 5.75 Å². The molecule has 0 aromatic rings. The van der Waals surface area contributed by atoms with Gasteiger partial charge in [0, 0.05) is 0 Å². The van der Waals surface area contributed by atoms with Crippen molar-refractivity contribution in [2.75, 3.05) is 5.75 Å². The number of carbonyl (C=O) groups is 1. The van der Waals surface area contributed by atoms with E-state index in [1.807, 2.05) is 0 Å². The molecule has 0 amide bonds. The van der Waals surface area contributed by atoms with E-state index in [0.29, 0.717) is 0 Å². The van der Waals surface area contributed by atoms with Crippen molar-refractivity contribution in [3.05, 3.63) is 0 Å². The molecule has 1 fully saturated rings. The smallest absolute Gasteiger partial charge is 0.315 e. The molecule has 1 aliphatic carbocycles. The number of thiol groups is 1. The maximum atomic E-state index is 10.4. The fourth-order valence-corrected chi connectivity index (χ4v) is 0.484. The van der Waals surface area contributed by atoms with Gasteiger partial charge in [-0.3, -0.25) is 4.79 Å². The van der Waals surface area contributed by atoms with Crippen molar-refractivity contribution in [3.8, 4) is 0 Å². The average Bonchev–Trinajstić information content (AvgIpc) is 2.50. The monoisotopic (exact) mass is 132 g/mol. The number of ether oxygens (including phenoxy) is 1. The third kappa shape index (κ3) is 1.74. The molecule has 0 unspecified atom stereocenters. The van der Waals surface area contributed by atoms with E-state index in [0.717, 1.165) is 12.8 Å². The summed E-state index contributed by atoms with van der Waals surface area (Å²) in [4.78, 5) is 10.4. The molecule has 0 radical (unpaired) electrons. The summed E-state index contributed by atoms with van der Waals surface area (Å²) in [5.74, 6) is 0.00656. The lowest BCUT2D eigenvalue weighted by molar-refractivity contribution is -0.141. The molecule has 1 rings (SSSR count). The largest absolute Gasteiger partial charge is 0.462 e. The topological polar surface area (TPSA) is 26.3 Å². The van der Waals surface area contributed by atoms with Crippen LogP contribution in [0.15, 0.2) is 0 Å². The van der Waals surface area contributed by atoms with Crippen LogP contribution in [-0.4, -0.2) is 17.8 Å². The minimum atomic E-state index is -0.198. The van der Waals surface area contributed by atoms with Gasteiger partial charge >= 0.3 is 5.97 Å². The molecular formula is C5H8O2S. The predicted octanol–water partition coefficient (Wildman–Crippen LogP) is 0.622. The van der Waals surface area contributed by atoms with Crippen molar-refractivity contribution in [2.45, 2.75) is 18.9 Å². The predicted molar refractivity (Wildman–Crippen MR) is 33.0 cm³/mol. The highest BCUT2D eigenvalue weighted by atomic mass is 32.1.